The molecule has 1 aromatic heterocycles. The van der Waals surface area contributed by atoms with E-state index in [0.29, 0.717) is 0 Å². The van der Waals surface area contributed by atoms with Gasteiger partial charge in [-0.1, -0.05) is 48.0 Å². The van der Waals surface area contributed by atoms with Gasteiger partial charge < -0.3 is 5.32 Å². The van der Waals surface area contributed by atoms with Gasteiger partial charge in [0.1, 0.15) is 0 Å². The number of aryl methyl sites for hydroxylation is 1. The first kappa shape index (κ1) is 18.6. The molecule has 0 bridgehead atoms. The molecule has 3 heteroatoms. The summed E-state index contributed by atoms with van der Waals surface area (Å²) in [7, 11) is 1.95. The highest BCUT2D eigenvalue weighted by Crippen LogP contribution is 2.23. The molecule has 3 rings (SSSR count). The minimum absolute atomic E-state index is 0.849. The summed E-state index contributed by atoms with van der Waals surface area (Å²) in [5, 5.41) is 3.13. The van der Waals surface area contributed by atoms with Gasteiger partial charge in [-0.2, -0.15) is 0 Å². The Balaban J connectivity index is 1.90. The van der Waals surface area contributed by atoms with E-state index < -0.39 is 0 Å². The van der Waals surface area contributed by atoms with Crippen molar-refractivity contribution in [3.8, 4) is 0 Å². The van der Waals surface area contributed by atoms with Crippen LogP contribution in [0, 0.1) is 6.92 Å². The van der Waals surface area contributed by atoms with Crippen LogP contribution in [0.4, 0.5) is 0 Å². The summed E-state index contributed by atoms with van der Waals surface area (Å²) in [5.74, 6) is 0. The molecule has 0 aliphatic carbocycles. The van der Waals surface area contributed by atoms with Crippen LogP contribution in [0.5, 0.6) is 0 Å². The zero-order valence-electron chi connectivity index (χ0n) is 15.9. The number of hydrogen-bond donors (Lipinski definition) is 1. The van der Waals surface area contributed by atoms with Gasteiger partial charge in [0.05, 0.1) is 11.4 Å². The molecular weight excluding hydrogens is 318 g/mol. The third kappa shape index (κ3) is 5.13. The van der Waals surface area contributed by atoms with Gasteiger partial charge in [0, 0.05) is 18.7 Å². The highest BCUT2D eigenvalue weighted by molar-refractivity contribution is 5.78. The number of likely N-dealkylation sites (N-methyl/N-ethyl adjacent to an activating group) is 1. The van der Waals surface area contributed by atoms with E-state index in [1.807, 2.05) is 7.05 Å². The average Bonchev–Trinajstić information content (AvgIpc) is 3.18. The summed E-state index contributed by atoms with van der Waals surface area (Å²) in [6.07, 6.45) is 9.16. The maximum Gasteiger partial charge on any atom is 0.0712 e. The molecule has 1 aliphatic heterocycles. The molecule has 136 valence electrons. The number of pyridine rings is 1. The van der Waals surface area contributed by atoms with E-state index in [4.69, 9.17) is 4.98 Å². The minimum Gasteiger partial charge on any atom is -0.316 e. The molecule has 0 saturated carbocycles. The Morgan fingerprint density at radius 1 is 1.12 bits per heavy atom. The van der Waals surface area contributed by atoms with Gasteiger partial charge in [-0.05, 0) is 63.7 Å². The Morgan fingerprint density at radius 2 is 1.88 bits per heavy atom. The zero-order valence-corrected chi connectivity index (χ0v) is 15.9. The monoisotopic (exact) mass is 347 g/mol. The van der Waals surface area contributed by atoms with Gasteiger partial charge >= 0.3 is 0 Å². The molecule has 1 fully saturated rings. The molecule has 0 atom stereocenters. The zero-order chi connectivity index (χ0) is 18.2. The molecule has 26 heavy (non-hydrogen) atoms. The van der Waals surface area contributed by atoms with Crippen LogP contribution in [0.3, 0.4) is 0 Å². The molecule has 1 N–H and O–H groups in total. The number of nitrogens with zero attached hydrogens (tertiary/aromatic N) is 2. The second kappa shape index (κ2) is 9.46. The fourth-order valence-corrected chi connectivity index (χ4v) is 3.28. The quantitative estimate of drug-likeness (QED) is 0.815. The van der Waals surface area contributed by atoms with Crippen molar-refractivity contribution in [2.24, 2.45) is 0 Å². The van der Waals surface area contributed by atoms with Crippen LogP contribution in [-0.4, -0.2) is 43.1 Å². The van der Waals surface area contributed by atoms with Gasteiger partial charge in [0.15, 0.2) is 0 Å². The Morgan fingerprint density at radius 3 is 2.62 bits per heavy atom. The van der Waals surface area contributed by atoms with Crippen LogP contribution in [0.2, 0.25) is 0 Å². The lowest BCUT2D eigenvalue weighted by Gasteiger charge is -2.14. The maximum atomic E-state index is 4.89. The van der Waals surface area contributed by atoms with Crippen LogP contribution < -0.4 is 5.32 Å². The lowest BCUT2D eigenvalue weighted by atomic mass is 10.00. The number of rotatable bonds is 7. The Bertz CT molecular complexity index is 753. The smallest absolute Gasteiger partial charge is 0.0712 e. The first-order chi connectivity index (χ1) is 12.8. The number of benzene rings is 1. The standard InChI is InChI=1S/C23H29N3/c1-19-10-12-20(13-11-19)22(14-18-26-16-3-4-17-26)23-9-5-7-21(25-23)8-6-15-24-2/h5-14,24H,3-4,15-18H2,1-2H3. The molecule has 1 aliphatic rings. The Hall–Kier alpha value is -2.23. The van der Waals surface area contributed by atoms with E-state index >= 15 is 0 Å². The summed E-state index contributed by atoms with van der Waals surface area (Å²) in [5.41, 5.74) is 5.78. The summed E-state index contributed by atoms with van der Waals surface area (Å²) >= 11 is 0. The van der Waals surface area contributed by atoms with E-state index in [1.165, 1.54) is 42.6 Å². The second-order valence-corrected chi connectivity index (χ2v) is 6.90. The largest absolute Gasteiger partial charge is 0.316 e. The van der Waals surface area contributed by atoms with Gasteiger partial charge in [-0.15, -0.1) is 0 Å². The maximum absolute atomic E-state index is 4.89. The first-order valence-electron chi connectivity index (χ1n) is 9.54. The number of hydrogen-bond acceptors (Lipinski definition) is 3. The average molecular weight is 348 g/mol. The van der Waals surface area contributed by atoms with Crippen LogP contribution in [0.25, 0.3) is 11.6 Å². The van der Waals surface area contributed by atoms with Gasteiger partial charge in [-0.3, -0.25) is 4.90 Å². The third-order valence-electron chi connectivity index (χ3n) is 4.77. The summed E-state index contributed by atoms with van der Waals surface area (Å²) in [6, 6.07) is 15.0. The van der Waals surface area contributed by atoms with E-state index in [-0.39, 0.29) is 0 Å². The highest BCUT2D eigenvalue weighted by atomic mass is 15.1. The molecule has 1 saturated heterocycles. The highest BCUT2D eigenvalue weighted by Gasteiger charge is 2.12. The molecule has 0 amide bonds. The summed E-state index contributed by atoms with van der Waals surface area (Å²) in [4.78, 5) is 7.41. The van der Waals surface area contributed by atoms with Crippen molar-refractivity contribution in [1.29, 1.82) is 0 Å². The second-order valence-electron chi connectivity index (χ2n) is 6.90. The predicted molar refractivity (Wildman–Crippen MR) is 111 cm³/mol. The van der Waals surface area contributed by atoms with Gasteiger partial charge in [0.25, 0.3) is 0 Å². The van der Waals surface area contributed by atoms with Gasteiger partial charge in [0.2, 0.25) is 0 Å². The molecule has 2 aromatic rings. The molecule has 0 spiro atoms. The molecule has 0 unspecified atom stereocenters. The van der Waals surface area contributed by atoms with Crippen molar-refractivity contribution in [2.45, 2.75) is 19.8 Å². The fraction of sp³-hybridized carbons (Fsp3) is 0.348. The van der Waals surface area contributed by atoms with Gasteiger partial charge in [-0.25, -0.2) is 4.98 Å². The molecule has 3 nitrogen and oxygen atoms in total. The number of nitrogens with one attached hydrogen (secondary N) is 1. The van der Waals surface area contributed by atoms with E-state index in [9.17, 15) is 0 Å². The molecule has 1 aromatic carbocycles. The topological polar surface area (TPSA) is 28.2 Å². The molecular formula is C23H29N3. The number of aromatic nitrogens is 1. The predicted octanol–water partition coefficient (Wildman–Crippen LogP) is 4.15. The van der Waals surface area contributed by atoms with Crippen molar-refractivity contribution < 1.29 is 0 Å². The third-order valence-corrected chi connectivity index (χ3v) is 4.77. The molecule has 2 heterocycles. The first-order valence-corrected chi connectivity index (χ1v) is 9.54. The van der Waals surface area contributed by atoms with Crippen molar-refractivity contribution in [1.82, 2.24) is 15.2 Å². The van der Waals surface area contributed by atoms with Crippen molar-refractivity contribution in [3.05, 3.63) is 77.1 Å². The summed E-state index contributed by atoms with van der Waals surface area (Å²) in [6.45, 7) is 6.38. The Labute approximate surface area is 157 Å². The SMILES string of the molecule is CNCC=Cc1cccc(C(=CCN2CCCC2)c2ccc(C)cc2)n1. The van der Waals surface area contributed by atoms with Crippen molar-refractivity contribution >= 4 is 11.6 Å². The minimum atomic E-state index is 0.849. The van der Waals surface area contributed by atoms with Crippen molar-refractivity contribution in [3.63, 3.8) is 0 Å². The van der Waals surface area contributed by atoms with E-state index in [2.05, 4.69) is 77.8 Å². The Kier molecular flexibility index (Phi) is 6.75. The fourth-order valence-electron chi connectivity index (χ4n) is 3.28. The van der Waals surface area contributed by atoms with Crippen molar-refractivity contribution in [2.75, 3.05) is 33.2 Å². The summed E-state index contributed by atoms with van der Waals surface area (Å²) < 4.78 is 0. The normalized spacial score (nSPS) is 15.8. The van der Waals surface area contributed by atoms with E-state index in [1.54, 1.807) is 0 Å². The van der Waals surface area contributed by atoms with Crippen LogP contribution in [0.15, 0.2) is 54.6 Å². The lowest BCUT2D eigenvalue weighted by molar-refractivity contribution is 0.377. The van der Waals surface area contributed by atoms with Crippen LogP contribution in [0.1, 0.15) is 35.4 Å². The van der Waals surface area contributed by atoms with Crippen LogP contribution in [-0.2, 0) is 0 Å². The van der Waals surface area contributed by atoms with Crippen LogP contribution >= 0.6 is 0 Å². The van der Waals surface area contributed by atoms with E-state index in [0.717, 1.165) is 24.5 Å². The lowest BCUT2D eigenvalue weighted by Crippen LogP contribution is -2.19. The number of likely N-dealkylation sites (tertiary alicyclic amines) is 1. The molecule has 0 radical (unpaired) electrons.